The highest BCUT2D eigenvalue weighted by atomic mass is 28.3. The molecule has 1 spiro atoms. The average Bonchev–Trinajstić information content (AvgIpc) is 1.51. The number of nitrogens with zero attached hydrogens (tertiary/aromatic N) is 4. The molecule has 0 fully saturated rings. The number of benzene rings is 12. The first-order valence-electron chi connectivity index (χ1n) is 30.7. The van der Waals surface area contributed by atoms with Gasteiger partial charge in [-0.2, -0.15) is 0 Å². The van der Waals surface area contributed by atoms with E-state index in [1.165, 1.54) is 20.7 Å². The molecule has 0 saturated carbocycles. The average molecular weight is 1240 g/mol. The smallest absolute Gasteiger partial charge is 0.182 e. The third kappa shape index (κ3) is 9.83. The quantitative estimate of drug-likeness (QED) is 0.0681. The number of ether oxygens (including phenoxy) is 8. The molecule has 0 saturated heterocycles. The van der Waals surface area contributed by atoms with Gasteiger partial charge in [-0.05, 0) is 189 Å². The molecule has 2 heterocycles. The van der Waals surface area contributed by atoms with Crippen molar-refractivity contribution in [3.8, 4) is 68.2 Å². The molecule has 12 nitrogen and oxygen atoms in total. The van der Waals surface area contributed by atoms with Gasteiger partial charge in [-0.25, -0.2) is 0 Å². The van der Waals surface area contributed by atoms with Crippen LogP contribution in [0.5, 0.6) is 46.0 Å². The molecule has 93 heavy (non-hydrogen) atoms. The van der Waals surface area contributed by atoms with Crippen LogP contribution in [0.2, 0.25) is 0 Å². The number of hydrogen-bond donors (Lipinski definition) is 0. The maximum Gasteiger partial charge on any atom is 0.182 e. The Morgan fingerprint density at radius 1 is 0.194 bits per heavy atom. The topological polar surface area (TPSA) is 86.8 Å². The van der Waals surface area contributed by atoms with Crippen LogP contribution in [0.1, 0.15) is 0 Å². The molecule has 12 aromatic rings. The van der Waals surface area contributed by atoms with E-state index in [4.69, 9.17) is 37.9 Å². The fraction of sp³-hybridized carbons (Fsp3) is 0.100. The minimum Gasteiger partial charge on any atom is -0.495 e. The van der Waals surface area contributed by atoms with Crippen LogP contribution in [0.3, 0.4) is 0 Å². The van der Waals surface area contributed by atoms with Gasteiger partial charge < -0.3 is 57.5 Å². The highest BCUT2D eigenvalue weighted by Crippen LogP contribution is 2.52. The second-order valence-corrected chi connectivity index (χ2v) is 26.0. The Balaban J connectivity index is 1.15. The predicted octanol–water partition coefficient (Wildman–Crippen LogP) is 17.0. The first-order chi connectivity index (χ1) is 45.8. The molecule has 0 amide bonds. The van der Waals surface area contributed by atoms with E-state index in [2.05, 4.69) is 141 Å². The summed E-state index contributed by atoms with van der Waals surface area (Å²) in [5, 5.41) is 4.72. The molecule has 2 aliphatic rings. The molecule has 0 unspecified atom stereocenters. The van der Waals surface area contributed by atoms with Crippen LogP contribution in [-0.2, 0) is 0 Å². The molecular weight excluding hydrogens is 1170 g/mol. The number of methoxy groups -OCH3 is 8. The maximum atomic E-state index is 6.26. The lowest BCUT2D eigenvalue weighted by Gasteiger charge is -2.34. The van der Waals surface area contributed by atoms with Crippen molar-refractivity contribution < 1.29 is 37.9 Å². The first kappa shape index (κ1) is 59.1. The van der Waals surface area contributed by atoms with E-state index >= 15 is 0 Å². The van der Waals surface area contributed by atoms with E-state index in [1.807, 2.05) is 146 Å². The van der Waals surface area contributed by atoms with Crippen LogP contribution < -0.4 is 78.2 Å². The molecule has 0 bridgehead atoms. The summed E-state index contributed by atoms with van der Waals surface area (Å²) >= 11 is 0. The molecule has 14 rings (SSSR count). The minimum atomic E-state index is -3.80. The summed E-state index contributed by atoms with van der Waals surface area (Å²) in [5.74, 6) is 5.58. The van der Waals surface area contributed by atoms with Gasteiger partial charge in [-0.15, -0.1) is 0 Å². The molecular formula is C80H68N4O8Si. The Bertz CT molecular complexity index is 4000. The Morgan fingerprint density at radius 2 is 0.344 bits per heavy atom. The lowest BCUT2D eigenvalue weighted by atomic mass is 10.0. The van der Waals surface area contributed by atoms with Gasteiger partial charge in [-0.1, -0.05) is 121 Å². The second kappa shape index (κ2) is 25.0. The van der Waals surface area contributed by atoms with Crippen molar-refractivity contribution in [2.45, 2.75) is 0 Å². The standard InChI is InChI=1S/C80H68N4O8Si/c1-85-69-33-17-9-25-61(69)81(62-26-10-18-34-70(62)86-2)53-41-45-57-58-46-42-54(82(63-27-11-19-35-71(63)87-3)64-28-12-20-36-72(64)88-4)50-78(58)93(77(57)49-53)79-51-55(83(65-29-13-21-37-73(65)89-5)66-30-14-22-38-74(66)90-6)43-47-59(79)60-48-44-56(52-80(60)93)84(67-31-15-23-39-75(67)91-7)68-32-16-24-40-76(68)92-8/h9-52H,1-8H3. The zero-order valence-corrected chi connectivity index (χ0v) is 54.0. The fourth-order valence-electron chi connectivity index (χ4n) is 13.9. The van der Waals surface area contributed by atoms with E-state index < -0.39 is 8.07 Å². The fourth-order valence-corrected chi connectivity index (χ4v) is 19.6. The van der Waals surface area contributed by atoms with E-state index in [1.54, 1.807) is 56.9 Å². The number of rotatable bonds is 20. The van der Waals surface area contributed by atoms with Crippen LogP contribution >= 0.6 is 0 Å². The zero-order chi connectivity index (χ0) is 63.7. The van der Waals surface area contributed by atoms with Crippen molar-refractivity contribution >= 4 is 97.1 Å². The summed E-state index contributed by atoms with van der Waals surface area (Å²) < 4.78 is 50.0. The van der Waals surface area contributed by atoms with Crippen molar-refractivity contribution in [2.24, 2.45) is 0 Å². The van der Waals surface area contributed by atoms with Crippen molar-refractivity contribution in [3.05, 3.63) is 267 Å². The molecule has 0 aromatic heterocycles. The lowest BCUT2D eigenvalue weighted by Crippen LogP contribution is -2.71. The van der Waals surface area contributed by atoms with Gasteiger partial charge in [0.25, 0.3) is 0 Å². The Morgan fingerprint density at radius 3 is 0.495 bits per heavy atom. The molecule has 13 heteroatoms. The largest absolute Gasteiger partial charge is 0.495 e. The summed E-state index contributed by atoms with van der Waals surface area (Å²) in [5.41, 5.74) is 14.8. The van der Waals surface area contributed by atoms with E-state index in [-0.39, 0.29) is 0 Å². The summed E-state index contributed by atoms with van der Waals surface area (Å²) in [6, 6.07) is 93.2. The summed E-state index contributed by atoms with van der Waals surface area (Å²) in [6.07, 6.45) is 0. The zero-order valence-electron chi connectivity index (χ0n) is 53.0. The van der Waals surface area contributed by atoms with Crippen molar-refractivity contribution in [3.63, 3.8) is 0 Å². The van der Waals surface area contributed by atoms with Crippen LogP contribution in [-0.4, -0.2) is 65.0 Å². The lowest BCUT2D eigenvalue weighted by molar-refractivity contribution is 0.412. The predicted molar refractivity (Wildman–Crippen MR) is 379 cm³/mol. The van der Waals surface area contributed by atoms with Crippen LogP contribution in [0.4, 0.5) is 68.2 Å². The third-order valence-corrected chi connectivity index (χ3v) is 22.7. The van der Waals surface area contributed by atoms with Gasteiger partial charge in [0.05, 0.1) is 102 Å². The van der Waals surface area contributed by atoms with Crippen LogP contribution in [0.25, 0.3) is 22.3 Å². The summed E-state index contributed by atoms with van der Waals surface area (Å²) in [6.45, 7) is 0. The van der Waals surface area contributed by atoms with Gasteiger partial charge >= 0.3 is 0 Å². The van der Waals surface area contributed by atoms with E-state index in [9.17, 15) is 0 Å². The molecule has 0 radical (unpaired) electrons. The number of fused-ring (bicyclic) bond motifs is 10. The first-order valence-corrected chi connectivity index (χ1v) is 32.7. The molecule has 0 aliphatic carbocycles. The molecule has 2 aliphatic heterocycles. The van der Waals surface area contributed by atoms with Gasteiger partial charge in [0.2, 0.25) is 0 Å². The normalized spacial score (nSPS) is 12.0. The Kier molecular flexibility index (Phi) is 15.9. The van der Waals surface area contributed by atoms with Gasteiger partial charge in [0.15, 0.2) is 8.07 Å². The molecule has 460 valence electrons. The van der Waals surface area contributed by atoms with Crippen LogP contribution in [0.15, 0.2) is 267 Å². The highest BCUT2D eigenvalue weighted by Gasteiger charge is 2.55. The highest BCUT2D eigenvalue weighted by molar-refractivity contribution is 7.24. The molecule has 0 N–H and O–H groups in total. The van der Waals surface area contributed by atoms with Gasteiger partial charge in [0, 0.05) is 22.7 Å². The van der Waals surface area contributed by atoms with Crippen molar-refractivity contribution in [1.29, 1.82) is 0 Å². The third-order valence-electron chi connectivity index (χ3n) is 17.9. The number of anilines is 12. The Hall–Kier alpha value is -11.5. The Labute approximate surface area is 543 Å². The molecule has 0 atom stereocenters. The van der Waals surface area contributed by atoms with Crippen molar-refractivity contribution in [1.82, 2.24) is 0 Å². The SMILES string of the molecule is COc1ccccc1N(c1ccc2c(c1)[Si]1(c3cc(N(c4ccccc4OC)c4ccccc4OC)ccc3-2)c2cc(N(c3ccccc3OC)c3ccccc3OC)ccc2-c2ccc(N(c3ccccc3OC)c3ccccc3OC)cc21)c1ccccc1OC. The van der Waals surface area contributed by atoms with Gasteiger partial charge in [0.1, 0.15) is 46.0 Å². The summed E-state index contributed by atoms with van der Waals surface area (Å²) in [7, 11) is 9.96. The second-order valence-electron chi connectivity index (χ2n) is 22.4. The molecule has 12 aromatic carbocycles. The number of hydrogen-bond acceptors (Lipinski definition) is 12. The monoisotopic (exact) mass is 1240 g/mol. The van der Waals surface area contributed by atoms with E-state index in [0.717, 1.165) is 90.5 Å². The van der Waals surface area contributed by atoms with Crippen LogP contribution in [0, 0.1) is 0 Å². The van der Waals surface area contributed by atoms with Gasteiger partial charge in [-0.3, -0.25) is 0 Å². The van der Waals surface area contributed by atoms with E-state index in [0.29, 0.717) is 46.0 Å². The number of para-hydroxylation sites is 16. The maximum absolute atomic E-state index is 6.26. The summed E-state index contributed by atoms with van der Waals surface area (Å²) in [4.78, 5) is 9.05. The van der Waals surface area contributed by atoms with Crippen molar-refractivity contribution in [2.75, 3.05) is 76.5 Å². The minimum absolute atomic E-state index is 0.697.